The van der Waals surface area contributed by atoms with Gasteiger partial charge in [0, 0.05) is 34.0 Å². The lowest BCUT2D eigenvalue weighted by Gasteiger charge is -2.15. The molecular weight excluding hydrogens is 496 g/mol. The number of rotatable bonds is 5. The summed E-state index contributed by atoms with van der Waals surface area (Å²) in [5, 5.41) is 5.80. The van der Waals surface area contributed by atoms with Crippen molar-refractivity contribution in [2.24, 2.45) is 0 Å². The van der Waals surface area contributed by atoms with Crippen LogP contribution in [-0.4, -0.2) is 46.4 Å². The topological polar surface area (TPSA) is 171 Å². The first-order valence-electron chi connectivity index (χ1n) is 10.2. The molecule has 2 heterocycles. The van der Waals surface area contributed by atoms with E-state index < -0.39 is 41.5 Å². The summed E-state index contributed by atoms with van der Waals surface area (Å²) in [5.41, 5.74) is 3.17. The van der Waals surface area contributed by atoms with E-state index in [0.29, 0.717) is 17.4 Å². The molecule has 4 N–H and O–H groups in total. The van der Waals surface area contributed by atoms with Gasteiger partial charge in [-0.1, -0.05) is 32.9 Å². The Labute approximate surface area is 201 Å². The standard InChI is InChI=1S/C22H22N4O7S2/c1-22(2,3)19-11-20-24-18(12-26(20)25-19)13-4-6-15(7-5-13)23-21(27)14-8-16(34(28,29)30)10-17(9-14)35(31,32)33/h4-12,25H,1-3H3,(H,23,27)(H,28,29,30)(H,31,32,33). The average Bonchev–Trinajstić information content (AvgIpc) is 3.32. The molecule has 4 aromatic rings. The summed E-state index contributed by atoms with van der Waals surface area (Å²) in [5.74, 6) is -0.849. The van der Waals surface area contributed by atoms with E-state index in [2.05, 4.69) is 36.2 Å². The van der Waals surface area contributed by atoms with Crippen molar-refractivity contribution in [2.75, 3.05) is 5.32 Å². The van der Waals surface area contributed by atoms with Gasteiger partial charge in [0.25, 0.3) is 26.1 Å². The van der Waals surface area contributed by atoms with Crippen molar-refractivity contribution in [3.63, 3.8) is 0 Å². The minimum Gasteiger partial charge on any atom is -0.322 e. The molecule has 1 amide bonds. The molecule has 2 aromatic heterocycles. The van der Waals surface area contributed by atoms with E-state index in [9.17, 15) is 30.7 Å². The van der Waals surface area contributed by atoms with Crippen LogP contribution in [0, 0.1) is 0 Å². The number of imidazole rings is 1. The number of hydrogen-bond acceptors (Lipinski definition) is 6. The fourth-order valence-electron chi connectivity index (χ4n) is 3.33. The molecule has 2 aromatic carbocycles. The van der Waals surface area contributed by atoms with E-state index >= 15 is 0 Å². The minimum atomic E-state index is -4.84. The first kappa shape index (κ1) is 24.6. The number of carbonyl (C=O) groups excluding carboxylic acids is 1. The Hall–Kier alpha value is -3.52. The second-order valence-corrected chi connectivity index (χ2v) is 11.8. The number of aromatic nitrogens is 3. The Bertz CT molecular complexity index is 1580. The Morgan fingerprint density at radius 1 is 0.943 bits per heavy atom. The monoisotopic (exact) mass is 518 g/mol. The molecule has 0 radical (unpaired) electrons. The van der Waals surface area contributed by atoms with Crippen molar-refractivity contribution < 1.29 is 30.7 Å². The van der Waals surface area contributed by atoms with Crippen LogP contribution in [0.2, 0.25) is 0 Å². The molecular formula is C22H22N4O7S2. The third kappa shape index (κ3) is 5.27. The van der Waals surface area contributed by atoms with E-state index in [1.165, 1.54) is 0 Å². The molecule has 4 rings (SSSR count). The summed E-state index contributed by atoms with van der Waals surface area (Å²) in [4.78, 5) is 15.5. The largest absolute Gasteiger partial charge is 0.322 e. The Morgan fingerprint density at radius 2 is 1.51 bits per heavy atom. The summed E-state index contributed by atoms with van der Waals surface area (Å²) in [6.45, 7) is 6.28. The first-order valence-corrected chi connectivity index (χ1v) is 13.1. The highest BCUT2D eigenvalue weighted by Crippen LogP contribution is 2.26. The number of anilines is 1. The Balaban J connectivity index is 1.58. The van der Waals surface area contributed by atoms with Gasteiger partial charge in [0.15, 0.2) is 5.65 Å². The summed E-state index contributed by atoms with van der Waals surface area (Å²) >= 11 is 0. The van der Waals surface area contributed by atoms with Gasteiger partial charge in [0.2, 0.25) is 0 Å². The lowest BCUT2D eigenvalue weighted by atomic mass is 9.93. The van der Waals surface area contributed by atoms with Crippen LogP contribution in [0.25, 0.3) is 16.9 Å². The molecule has 13 heteroatoms. The maximum absolute atomic E-state index is 12.6. The molecule has 0 fully saturated rings. The van der Waals surface area contributed by atoms with E-state index in [-0.39, 0.29) is 5.41 Å². The first-order chi connectivity index (χ1) is 16.1. The van der Waals surface area contributed by atoms with Crippen LogP contribution in [0.3, 0.4) is 0 Å². The fraction of sp³-hybridized carbons (Fsp3) is 0.182. The van der Waals surface area contributed by atoms with Crippen molar-refractivity contribution in [2.45, 2.75) is 36.0 Å². The number of carbonyl (C=O) groups is 1. The molecule has 11 nitrogen and oxygen atoms in total. The van der Waals surface area contributed by atoms with E-state index in [1.54, 1.807) is 24.3 Å². The van der Waals surface area contributed by atoms with Crippen LogP contribution in [0.15, 0.2) is 64.5 Å². The van der Waals surface area contributed by atoms with Crippen LogP contribution >= 0.6 is 0 Å². The molecule has 35 heavy (non-hydrogen) atoms. The van der Waals surface area contributed by atoms with Crippen LogP contribution in [0.5, 0.6) is 0 Å². The number of nitrogens with zero attached hydrogens (tertiary/aromatic N) is 2. The predicted molar refractivity (Wildman–Crippen MR) is 128 cm³/mol. The van der Waals surface area contributed by atoms with Gasteiger partial charge in [-0.05, 0) is 30.3 Å². The molecule has 0 saturated heterocycles. The maximum Gasteiger partial charge on any atom is 0.294 e. The van der Waals surface area contributed by atoms with Crippen molar-refractivity contribution in [1.29, 1.82) is 0 Å². The van der Waals surface area contributed by atoms with Crippen LogP contribution in [0.1, 0.15) is 36.8 Å². The average molecular weight is 519 g/mol. The maximum atomic E-state index is 12.6. The van der Waals surface area contributed by atoms with Crippen molar-refractivity contribution in [3.05, 3.63) is 66.0 Å². The quantitative estimate of drug-likeness (QED) is 0.291. The summed E-state index contributed by atoms with van der Waals surface area (Å²) in [7, 11) is -9.67. The van der Waals surface area contributed by atoms with Crippen molar-refractivity contribution in [3.8, 4) is 11.3 Å². The highest BCUT2D eigenvalue weighted by atomic mass is 32.2. The molecule has 0 saturated carbocycles. The third-order valence-corrected chi connectivity index (χ3v) is 6.89. The zero-order valence-corrected chi connectivity index (χ0v) is 20.5. The number of H-pyrrole nitrogens is 1. The molecule has 184 valence electrons. The van der Waals surface area contributed by atoms with Gasteiger partial charge < -0.3 is 5.32 Å². The molecule has 0 bridgehead atoms. The lowest BCUT2D eigenvalue weighted by molar-refractivity contribution is 0.102. The summed E-state index contributed by atoms with van der Waals surface area (Å²) in [6, 6.07) is 10.8. The van der Waals surface area contributed by atoms with Crippen molar-refractivity contribution >= 4 is 37.5 Å². The second kappa shape index (κ2) is 8.30. The van der Waals surface area contributed by atoms with Crippen molar-refractivity contribution in [1.82, 2.24) is 14.6 Å². The van der Waals surface area contributed by atoms with Gasteiger partial charge in [-0.15, -0.1) is 0 Å². The number of hydrogen-bond donors (Lipinski definition) is 4. The van der Waals surface area contributed by atoms with Crippen LogP contribution in [0.4, 0.5) is 5.69 Å². The Morgan fingerprint density at radius 3 is 2.00 bits per heavy atom. The zero-order valence-electron chi connectivity index (χ0n) is 18.8. The smallest absolute Gasteiger partial charge is 0.294 e. The normalized spacial score (nSPS) is 12.7. The number of fused-ring (bicyclic) bond motifs is 1. The Kier molecular flexibility index (Phi) is 5.84. The number of aromatic amines is 1. The van der Waals surface area contributed by atoms with Gasteiger partial charge >= 0.3 is 0 Å². The van der Waals surface area contributed by atoms with Gasteiger partial charge in [0.1, 0.15) is 0 Å². The van der Waals surface area contributed by atoms with Gasteiger partial charge in [0.05, 0.1) is 21.7 Å². The minimum absolute atomic E-state index is 0.0519. The van der Waals surface area contributed by atoms with E-state index in [0.717, 1.165) is 29.0 Å². The third-order valence-electron chi connectivity index (χ3n) is 5.23. The zero-order chi connectivity index (χ0) is 25.8. The summed E-state index contributed by atoms with van der Waals surface area (Å²) < 4.78 is 66.2. The van der Waals surface area contributed by atoms with E-state index in [4.69, 9.17) is 0 Å². The fourth-order valence-corrected chi connectivity index (χ4v) is 4.51. The van der Waals surface area contributed by atoms with Crippen LogP contribution < -0.4 is 5.32 Å². The molecule has 0 aliphatic heterocycles. The number of amides is 1. The molecule has 0 aliphatic carbocycles. The number of benzene rings is 2. The molecule has 0 unspecified atom stereocenters. The van der Waals surface area contributed by atoms with E-state index in [1.807, 2.05) is 16.8 Å². The molecule has 0 aliphatic rings. The number of nitrogens with one attached hydrogen (secondary N) is 2. The molecule has 0 atom stereocenters. The highest BCUT2D eigenvalue weighted by Gasteiger charge is 2.21. The lowest BCUT2D eigenvalue weighted by Crippen LogP contribution is -2.14. The second-order valence-electron chi connectivity index (χ2n) is 8.95. The predicted octanol–water partition coefficient (Wildman–Crippen LogP) is 3.37. The molecule has 0 spiro atoms. The van der Waals surface area contributed by atoms with Gasteiger partial charge in [-0.3, -0.25) is 19.0 Å². The SMILES string of the molecule is CC(C)(C)c1cc2nc(-c3ccc(NC(=O)c4cc(S(=O)(=O)O)cc(S(=O)(=O)O)c4)cc3)cn2[nH]1. The summed E-state index contributed by atoms with van der Waals surface area (Å²) in [6.07, 6.45) is 1.84. The van der Waals surface area contributed by atoms with Gasteiger partial charge in [-0.25, -0.2) is 9.50 Å². The van der Waals surface area contributed by atoms with Gasteiger partial charge in [-0.2, -0.15) is 16.8 Å². The van der Waals surface area contributed by atoms with Crippen LogP contribution in [-0.2, 0) is 25.7 Å². The highest BCUT2D eigenvalue weighted by molar-refractivity contribution is 7.86.